The first-order valence-corrected chi connectivity index (χ1v) is 5.78. The third-order valence-electron chi connectivity index (χ3n) is 2.26. The molecule has 19 heavy (non-hydrogen) atoms. The van der Waals surface area contributed by atoms with Gasteiger partial charge < -0.3 is 14.8 Å². The Bertz CT molecular complexity index is 536. The smallest absolute Gasteiger partial charge is 0.190 e. The fourth-order valence-corrected chi connectivity index (χ4v) is 1.64. The van der Waals surface area contributed by atoms with Gasteiger partial charge in [-0.25, -0.2) is 4.68 Å². The van der Waals surface area contributed by atoms with Gasteiger partial charge in [-0.15, -0.1) is 10.2 Å². The number of methoxy groups -OCH3 is 2. The number of nitrogens with one attached hydrogen (secondary N) is 2. The van der Waals surface area contributed by atoms with Crippen molar-refractivity contribution < 1.29 is 9.47 Å². The lowest BCUT2D eigenvalue weighted by Gasteiger charge is -2.12. The van der Waals surface area contributed by atoms with Crippen molar-refractivity contribution in [3.63, 3.8) is 0 Å². The van der Waals surface area contributed by atoms with Crippen LogP contribution in [0.2, 0.25) is 0 Å². The standard InChI is InChI=1S/C11H13N5O2S/c1-17-9-3-8(4-10(5-9)18-2)14-11(19)15-16-6-12-13-7-16/h3-7H,1-2H3,(H2,14,15,19). The molecule has 2 rings (SSSR count). The second-order valence-electron chi connectivity index (χ2n) is 3.54. The molecule has 0 fully saturated rings. The van der Waals surface area contributed by atoms with Crippen LogP contribution >= 0.6 is 12.2 Å². The van der Waals surface area contributed by atoms with E-state index in [4.69, 9.17) is 21.7 Å². The molecule has 100 valence electrons. The Kier molecular flexibility index (Phi) is 4.14. The molecule has 2 aromatic rings. The molecule has 0 spiro atoms. The highest BCUT2D eigenvalue weighted by Crippen LogP contribution is 2.25. The van der Waals surface area contributed by atoms with E-state index in [0.717, 1.165) is 5.69 Å². The molecule has 0 bridgehead atoms. The van der Waals surface area contributed by atoms with Crippen LogP contribution in [0, 0.1) is 0 Å². The monoisotopic (exact) mass is 279 g/mol. The Morgan fingerprint density at radius 2 is 1.68 bits per heavy atom. The molecule has 1 heterocycles. The number of anilines is 1. The maximum atomic E-state index is 5.18. The second kappa shape index (κ2) is 6.01. The first-order chi connectivity index (χ1) is 9.21. The number of hydrogen-bond donors (Lipinski definition) is 2. The number of nitrogens with zero attached hydrogens (tertiary/aromatic N) is 3. The van der Waals surface area contributed by atoms with Gasteiger partial charge in [0.05, 0.1) is 14.2 Å². The highest BCUT2D eigenvalue weighted by Gasteiger charge is 2.04. The summed E-state index contributed by atoms with van der Waals surface area (Å²) in [4.78, 5) is 0. The Morgan fingerprint density at radius 1 is 1.11 bits per heavy atom. The summed E-state index contributed by atoms with van der Waals surface area (Å²) in [6.07, 6.45) is 3.00. The topological polar surface area (TPSA) is 73.2 Å². The van der Waals surface area contributed by atoms with Crippen LogP contribution in [-0.4, -0.2) is 34.2 Å². The summed E-state index contributed by atoms with van der Waals surface area (Å²) < 4.78 is 11.9. The largest absolute Gasteiger partial charge is 0.497 e. The number of aromatic nitrogens is 3. The predicted molar refractivity (Wildman–Crippen MR) is 75.1 cm³/mol. The summed E-state index contributed by atoms with van der Waals surface area (Å²) in [5.41, 5.74) is 3.63. The lowest BCUT2D eigenvalue weighted by molar-refractivity contribution is 0.395. The summed E-state index contributed by atoms with van der Waals surface area (Å²) in [5.74, 6) is 1.35. The van der Waals surface area contributed by atoms with Gasteiger partial charge >= 0.3 is 0 Å². The van der Waals surface area contributed by atoms with Crippen molar-refractivity contribution in [3.05, 3.63) is 30.9 Å². The molecule has 0 aliphatic rings. The fourth-order valence-electron chi connectivity index (χ4n) is 1.41. The van der Waals surface area contributed by atoms with Crippen LogP contribution in [0.1, 0.15) is 0 Å². The molecule has 0 radical (unpaired) electrons. The summed E-state index contributed by atoms with van der Waals surface area (Å²) in [6.45, 7) is 0. The van der Waals surface area contributed by atoms with Crippen molar-refractivity contribution in [1.82, 2.24) is 14.9 Å². The quantitative estimate of drug-likeness (QED) is 0.816. The maximum absolute atomic E-state index is 5.18. The molecule has 0 saturated heterocycles. The van der Waals surface area contributed by atoms with Crippen LogP contribution in [0.25, 0.3) is 0 Å². The van der Waals surface area contributed by atoms with E-state index in [1.165, 1.54) is 17.3 Å². The van der Waals surface area contributed by atoms with Crippen LogP contribution in [0.15, 0.2) is 30.9 Å². The van der Waals surface area contributed by atoms with Crippen molar-refractivity contribution in [2.24, 2.45) is 0 Å². The molecule has 0 aliphatic heterocycles. The SMILES string of the molecule is COc1cc(NC(=S)Nn2cnnc2)cc(OC)c1. The molecule has 2 N–H and O–H groups in total. The first kappa shape index (κ1) is 13.1. The van der Waals surface area contributed by atoms with E-state index in [1.807, 2.05) is 12.1 Å². The summed E-state index contributed by atoms with van der Waals surface area (Å²) in [5, 5.41) is 10.7. The second-order valence-corrected chi connectivity index (χ2v) is 3.94. The van der Waals surface area contributed by atoms with Crippen molar-refractivity contribution in [2.45, 2.75) is 0 Å². The average molecular weight is 279 g/mol. The highest BCUT2D eigenvalue weighted by atomic mass is 32.1. The van der Waals surface area contributed by atoms with Gasteiger partial charge in [-0.3, -0.25) is 5.43 Å². The lowest BCUT2D eigenvalue weighted by Crippen LogP contribution is -2.26. The minimum absolute atomic E-state index is 0.398. The van der Waals surface area contributed by atoms with Crippen LogP contribution in [0.5, 0.6) is 11.5 Å². The number of thiocarbonyl (C=S) groups is 1. The number of hydrogen-bond acceptors (Lipinski definition) is 5. The number of ether oxygens (including phenoxy) is 2. The van der Waals surface area contributed by atoms with E-state index in [-0.39, 0.29) is 0 Å². The van der Waals surface area contributed by atoms with Gasteiger partial charge in [0.2, 0.25) is 0 Å². The third-order valence-corrected chi connectivity index (χ3v) is 2.45. The van der Waals surface area contributed by atoms with Crippen molar-refractivity contribution in [2.75, 3.05) is 25.0 Å². The predicted octanol–water partition coefficient (Wildman–Crippen LogP) is 1.24. The molecule has 0 amide bonds. The van der Waals surface area contributed by atoms with Gasteiger partial charge in [-0.1, -0.05) is 0 Å². The average Bonchev–Trinajstić information content (AvgIpc) is 2.90. The minimum Gasteiger partial charge on any atom is -0.497 e. The Balaban J connectivity index is 2.07. The Hall–Kier alpha value is -2.35. The first-order valence-electron chi connectivity index (χ1n) is 5.37. The van der Waals surface area contributed by atoms with E-state index in [1.54, 1.807) is 20.3 Å². The van der Waals surface area contributed by atoms with Gasteiger partial charge in [0.25, 0.3) is 0 Å². The number of benzene rings is 1. The van der Waals surface area contributed by atoms with Crippen molar-refractivity contribution in [3.8, 4) is 11.5 Å². The van der Waals surface area contributed by atoms with Crippen LogP contribution in [0.3, 0.4) is 0 Å². The van der Waals surface area contributed by atoms with E-state index in [9.17, 15) is 0 Å². The molecule has 8 heteroatoms. The zero-order valence-corrected chi connectivity index (χ0v) is 11.3. The van der Waals surface area contributed by atoms with E-state index in [0.29, 0.717) is 16.6 Å². The Labute approximate surface area is 115 Å². The van der Waals surface area contributed by atoms with Crippen molar-refractivity contribution >= 4 is 23.0 Å². The maximum Gasteiger partial charge on any atom is 0.190 e. The molecule has 0 saturated carbocycles. The fraction of sp³-hybridized carbons (Fsp3) is 0.182. The van der Waals surface area contributed by atoms with Gasteiger partial charge in [-0.05, 0) is 12.2 Å². The van der Waals surface area contributed by atoms with Crippen LogP contribution in [-0.2, 0) is 0 Å². The molecule has 0 atom stereocenters. The molecular formula is C11H13N5O2S. The van der Waals surface area contributed by atoms with E-state index >= 15 is 0 Å². The minimum atomic E-state index is 0.398. The molecule has 1 aromatic carbocycles. The summed E-state index contributed by atoms with van der Waals surface area (Å²) >= 11 is 5.16. The van der Waals surface area contributed by atoms with E-state index in [2.05, 4.69) is 20.9 Å². The Morgan fingerprint density at radius 3 is 2.21 bits per heavy atom. The molecule has 0 aliphatic carbocycles. The van der Waals surface area contributed by atoms with Gasteiger partial charge in [0.15, 0.2) is 5.11 Å². The third kappa shape index (κ3) is 3.55. The number of rotatable bonds is 4. The van der Waals surface area contributed by atoms with Crippen molar-refractivity contribution in [1.29, 1.82) is 0 Å². The molecule has 1 aromatic heterocycles. The van der Waals surface area contributed by atoms with Gasteiger partial charge in [0, 0.05) is 23.9 Å². The zero-order valence-electron chi connectivity index (χ0n) is 10.5. The summed E-state index contributed by atoms with van der Waals surface area (Å²) in [7, 11) is 3.18. The normalized spacial score (nSPS) is 9.79. The zero-order chi connectivity index (χ0) is 13.7. The molecular weight excluding hydrogens is 266 g/mol. The highest BCUT2D eigenvalue weighted by molar-refractivity contribution is 7.80. The van der Waals surface area contributed by atoms with E-state index < -0.39 is 0 Å². The van der Waals surface area contributed by atoms with Crippen LogP contribution < -0.4 is 20.2 Å². The van der Waals surface area contributed by atoms with Gasteiger partial charge in [0.1, 0.15) is 24.2 Å². The molecule has 7 nitrogen and oxygen atoms in total. The summed E-state index contributed by atoms with van der Waals surface area (Å²) in [6, 6.07) is 5.40. The van der Waals surface area contributed by atoms with Crippen LogP contribution in [0.4, 0.5) is 5.69 Å². The molecule has 0 unspecified atom stereocenters. The lowest BCUT2D eigenvalue weighted by atomic mass is 10.3. The van der Waals surface area contributed by atoms with Gasteiger partial charge in [-0.2, -0.15) is 0 Å².